The molecule has 8 rings (SSSR count). The highest BCUT2D eigenvalue weighted by Crippen LogP contribution is 2.32. The monoisotopic (exact) mass is 789 g/mol. The molecule has 0 spiro atoms. The fourth-order valence-electron chi connectivity index (χ4n) is 8.72. The molecule has 2 aromatic heterocycles. The van der Waals surface area contributed by atoms with Gasteiger partial charge in [-0.1, -0.05) is 131 Å². The minimum absolute atomic E-state index is 0.0655. The Kier molecular flexibility index (Phi) is 15.9. The summed E-state index contributed by atoms with van der Waals surface area (Å²) in [6.45, 7) is 24.4. The molecule has 0 radical (unpaired) electrons. The number of piperidine rings is 2. The summed E-state index contributed by atoms with van der Waals surface area (Å²) in [6.07, 6.45) is 5.08. The first-order chi connectivity index (χ1) is 28.8. The maximum Gasteiger partial charge on any atom is 0.160 e. The summed E-state index contributed by atoms with van der Waals surface area (Å²) >= 11 is 0. The van der Waals surface area contributed by atoms with Gasteiger partial charge in [-0.2, -0.15) is 0 Å². The molecule has 0 amide bonds. The third-order valence-corrected chi connectivity index (χ3v) is 12.1. The first-order valence-corrected chi connectivity index (χ1v) is 21.9. The Hall–Kier alpha value is -5.21. The summed E-state index contributed by atoms with van der Waals surface area (Å²) in [4.78, 5) is 29.0. The second kappa shape index (κ2) is 21.7. The second-order valence-corrected chi connectivity index (χ2v) is 15.5. The lowest BCUT2D eigenvalue weighted by Crippen LogP contribution is -2.44. The lowest BCUT2D eigenvalue weighted by Gasteiger charge is -2.39. The molecular formula is C52H64N6O. The van der Waals surface area contributed by atoms with E-state index in [9.17, 15) is 4.79 Å². The van der Waals surface area contributed by atoms with E-state index < -0.39 is 0 Å². The van der Waals surface area contributed by atoms with Gasteiger partial charge in [-0.25, -0.2) is 9.97 Å². The smallest absolute Gasteiger partial charge is 0.160 e. The predicted molar refractivity (Wildman–Crippen MR) is 250 cm³/mol. The van der Waals surface area contributed by atoms with Crippen molar-refractivity contribution >= 4 is 33.3 Å². The molecule has 308 valence electrons. The van der Waals surface area contributed by atoms with Crippen molar-refractivity contribution in [2.75, 3.05) is 52.4 Å². The normalized spacial score (nSPS) is 14.8. The van der Waals surface area contributed by atoms with Gasteiger partial charge in [-0.3, -0.25) is 4.79 Å². The largest absolute Gasteiger partial charge is 0.371 e. The molecule has 7 nitrogen and oxygen atoms in total. The van der Waals surface area contributed by atoms with Crippen LogP contribution in [0.5, 0.6) is 0 Å². The number of likely N-dealkylation sites (tertiary alicyclic amines) is 1. The molecular weight excluding hydrogens is 725 g/mol. The fraction of sp³-hybridized carbons (Fsp3) is 0.365. The number of aromatic nitrogens is 2. The molecule has 7 heteroatoms. The van der Waals surface area contributed by atoms with E-state index in [0.29, 0.717) is 6.04 Å². The van der Waals surface area contributed by atoms with Crippen LogP contribution in [-0.4, -0.2) is 94.9 Å². The zero-order valence-electron chi connectivity index (χ0n) is 36.0. The van der Waals surface area contributed by atoms with E-state index >= 15 is 0 Å². The highest BCUT2D eigenvalue weighted by Gasteiger charge is 2.25. The number of Topliss-reactive ketones (excluding diaryl/α,β-unsaturated/α-hetero) is 1. The lowest BCUT2D eigenvalue weighted by atomic mass is 9.98. The molecule has 2 aliphatic heterocycles. The van der Waals surface area contributed by atoms with E-state index in [2.05, 4.69) is 114 Å². The molecule has 4 heterocycles. The molecule has 0 unspecified atom stereocenters. The van der Waals surface area contributed by atoms with E-state index in [4.69, 9.17) is 4.98 Å². The zero-order valence-corrected chi connectivity index (χ0v) is 36.0. The number of rotatable bonds is 11. The van der Waals surface area contributed by atoms with Crippen molar-refractivity contribution < 1.29 is 4.79 Å². The molecule has 1 N–H and O–H groups in total. The van der Waals surface area contributed by atoms with E-state index in [1.165, 1.54) is 62.8 Å². The van der Waals surface area contributed by atoms with Crippen molar-refractivity contribution in [1.82, 2.24) is 30.0 Å². The number of para-hydroxylation sites is 2. The molecule has 59 heavy (non-hydrogen) atoms. The molecule has 0 saturated carbocycles. The first-order valence-electron chi connectivity index (χ1n) is 21.9. The summed E-state index contributed by atoms with van der Waals surface area (Å²) in [5.41, 5.74) is 8.96. The van der Waals surface area contributed by atoms with Crippen molar-refractivity contribution in [1.29, 1.82) is 0 Å². The van der Waals surface area contributed by atoms with E-state index in [1.54, 1.807) is 6.92 Å². The van der Waals surface area contributed by atoms with Gasteiger partial charge in [-0.15, -0.1) is 0 Å². The topological polar surface area (TPSA) is 64.6 Å². The third kappa shape index (κ3) is 11.1. The average molecular weight is 789 g/mol. The standard InChI is InChI=1S/C26H31N3.C17H13NO.C9H20N2/c1-4-28(5-2)22-15-17-29(18-16-22)20(3)24-19-26(21-11-7-6-8-12-21)27-25-14-10-9-13-23(24)25;1-12(19)15-11-17(13-7-3-2-4-8-13)18-16-10-6-5-9-14(15)16;1-3-11(4-2)9-5-7-10-8-6-9/h6-14,19,22H,3-5,15-18H2,1-2H3;2-11H,1H3;9-10H,3-8H2,1-2H3. The first kappa shape index (κ1) is 43.4. The minimum Gasteiger partial charge on any atom is -0.371 e. The van der Waals surface area contributed by atoms with E-state index in [0.717, 1.165) is 82.4 Å². The number of hydrogen-bond acceptors (Lipinski definition) is 7. The van der Waals surface area contributed by atoms with Gasteiger partial charge in [0.25, 0.3) is 0 Å². The van der Waals surface area contributed by atoms with Crippen LogP contribution in [0.4, 0.5) is 0 Å². The quantitative estimate of drug-likeness (QED) is 0.131. The van der Waals surface area contributed by atoms with Crippen LogP contribution < -0.4 is 5.32 Å². The summed E-state index contributed by atoms with van der Waals surface area (Å²) in [5.74, 6) is 0.0655. The van der Waals surface area contributed by atoms with Crippen LogP contribution in [0.3, 0.4) is 0 Å². The Bertz CT molecular complexity index is 2240. The number of benzene rings is 4. The molecule has 0 bridgehead atoms. The summed E-state index contributed by atoms with van der Waals surface area (Å²) in [5, 5.41) is 5.49. The van der Waals surface area contributed by atoms with Gasteiger partial charge < -0.3 is 20.0 Å². The van der Waals surface area contributed by atoms with Crippen molar-refractivity contribution in [3.05, 3.63) is 139 Å². The number of ketones is 1. The Morgan fingerprint density at radius 1 is 0.610 bits per heavy atom. The summed E-state index contributed by atoms with van der Waals surface area (Å²) in [7, 11) is 0. The maximum absolute atomic E-state index is 11.8. The SMILES string of the molecule is C=C(c1cc(-c2ccccc2)nc2ccccc12)N1CCC(N(CC)CC)CC1.CC(=O)c1cc(-c2ccccc2)nc2ccccc12.CCN(CC)C1CCNCC1. The number of hydrogen-bond donors (Lipinski definition) is 1. The fourth-order valence-corrected chi connectivity index (χ4v) is 8.72. The number of fused-ring (bicyclic) bond motifs is 2. The van der Waals surface area contributed by atoms with E-state index in [-0.39, 0.29) is 5.78 Å². The molecule has 6 aromatic rings. The van der Waals surface area contributed by atoms with Crippen LogP contribution in [0.1, 0.15) is 76.2 Å². The van der Waals surface area contributed by atoms with Crippen LogP contribution >= 0.6 is 0 Å². The molecule has 4 aromatic carbocycles. The Labute approximate surface area is 353 Å². The van der Waals surface area contributed by atoms with Gasteiger partial charge in [0.15, 0.2) is 5.78 Å². The Morgan fingerprint density at radius 2 is 1.02 bits per heavy atom. The highest BCUT2D eigenvalue weighted by molar-refractivity contribution is 6.07. The van der Waals surface area contributed by atoms with Gasteiger partial charge in [0, 0.05) is 63.9 Å². The van der Waals surface area contributed by atoms with Crippen molar-refractivity contribution in [3.8, 4) is 22.5 Å². The van der Waals surface area contributed by atoms with E-state index in [1.807, 2.05) is 66.7 Å². The van der Waals surface area contributed by atoms with Crippen molar-refractivity contribution in [2.24, 2.45) is 0 Å². The number of carbonyl (C=O) groups is 1. The molecule has 0 atom stereocenters. The predicted octanol–water partition coefficient (Wildman–Crippen LogP) is 10.9. The van der Waals surface area contributed by atoms with Crippen LogP contribution in [0, 0.1) is 0 Å². The maximum atomic E-state index is 11.8. The lowest BCUT2D eigenvalue weighted by molar-refractivity contribution is 0.101. The average Bonchev–Trinajstić information content (AvgIpc) is 3.30. The number of pyridine rings is 2. The Morgan fingerprint density at radius 3 is 1.47 bits per heavy atom. The Balaban J connectivity index is 0.000000166. The molecule has 2 fully saturated rings. The minimum atomic E-state index is 0.0655. The van der Waals surface area contributed by atoms with Gasteiger partial charge in [0.05, 0.1) is 22.4 Å². The number of nitrogens with zero attached hydrogens (tertiary/aromatic N) is 5. The molecule has 2 aliphatic rings. The third-order valence-electron chi connectivity index (χ3n) is 12.1. The van der Waals surface area contributed by atoms with Gasteiger partial charge in [-0.05, 0) is 96.1 Å². The van der Waals surface area contributed by atoms with Crippen LogP contribution in [0.15, 0.2) is 128 Å². The van der Waals surface area contributed by atoms with Crippen LogP contribution in [0.25, 0.3) is 50.0 Å². The zero-order chi connectivity index (χ0) is 41.6. The molecule has 2 saturated heterocycles. The van der Waals surface area contributed by atoms with Gasteiger partial charge in [0.2, 0.25) is 0 Å². The molecule has 0 aliphatic carbocycles. The van der Waals surface area contributed by atoms with Gasteiger partial charge in [0.1, 0.15) is 0 Å². The van der Waals surface area contributed by atoms with Crippen molar-refractivity contribution in [3.63, 3.8) is 0 Å². The number of carbonyl (C=O) groups excluding carboxylic acids is 1. The van der Waals surface area contributed by atoms with Crippen LogP contribution in [-0.2, 0) is 0 Å². The highest BCUT2D eigenvalue weighted by atomic mass is 16.1. The summed E-state index contributed by atoms with van der Waals surface area (Å²) in [6, 6.07) is 42.2. The second-order valence-electron chi connectivity index (χ2n) is 15.5. The number of nitrogens with one attached hydrogen (secondary N) is 1. The van der Waals surface area contributed by atoms with Crippen LogP contribution in [0.2, 0.25) is 0 Å². The van der Waals surface area contributed by atoms with Crippen molar-refractivity contribution in [2.45, 2.75) is 72.4 Å². The van der Waals surface area contributed by atoms with Gasteiger partial charge >= 0.3 is 0 Å². The summed E-state index contributed by atoms with van der Waals surface area (Å²) < 4.78 is 0.